The maximum atomic E-state index is 12.8. The third-order valence-electron chi connectivity index (χ3n) is 3.41. The molecule has 0 radical (unpaired) electrons. The van der Waals surface area contributed by atoms with E-state index in [1.165, 1.54) is 22.2 Å². The smallest absolute Gasteiger partial charge is 0.263 e. The van der Waals surface area contributed by atoms with Gasteiger partial charge in [0.15, 0.2) is 5.16 Å². The zero-order chi connectivity index (χ0) is 14.3. The van der Waals surface area contributed by atoms with E-state index >= 15 is 0 Å². The van der Waals surface area contributed by atoms with Crippen molar-refractivity contribution in [2.75, 3.05) is 0 Å². The summed E-state index contributed by atoms with van der Waals surface area (Å²) in [7, 11) is 0. The van der Waals surface area contributed by atoms with Crippen molar-refractivity contribution >= 4 is 33.3 Å². The van der Waals surface area contributed by atoms with E-state index in [4.69, 9.17) is 0 Å². The Hall–Kier alpha value is -1.33. The molecule has 0 N–H and O–H groups in total. The Morgan fingerprint density at radius 3 is 3.05 bits per heavy atom. The highest BCUT2D eigenvalue weighted by Crippen LogP contribution is 2.35. The molecule has 2 heterocycles. The minimum Gasteiger partial charge on any atom is -0.283 e. The number of thiophene rings is 1. The number of aromatic nitrogens is 2. The first kappa shape index (κ1) is 13.6. The Bertz CT molecular complexity index is 770. The van der Waals surface area contributed by atoms with Gasteiger partial charge in [0, 0.05) is 11.4 Å². The third kappa shape index (κ3) is 2.15. The van der Waals surface area contributed by atoms with Crippen molar-refractivity contribution in [2.45, 2.75) is 37.9 Å². The van der Waals surface area contributed by atoms with Crippen LogP contribution < -0.4 is 5.56 Å². The van der Waals surface area contributed by atoms with Crippen LogP contribution in [0.15, 0.2) is 34.1 Å². The summed E-state index contributed by atoms with van der Waals surface area (Å²) in [6.07, 6.45) is 3.24. The molecule has 0 amide bonds. The standard InChI is InChI=1S/C15H16N2OS2/c1-4-19-15-16-13-12(10-6-5-7-11(10)20-13)14(18)17(15)8-9(2)3/h4H,1-2,5-8H2,3H3. The number of rotatable bonds is 4. The lowest BCUT2D eigenvalue weighted by Gasteiger charge is -2.10. The van der Waals surface area contributed by atoms with Crippen LogP contribution in [0.2, 0.25) is 0 Å². The summed E-state index contributed by atoms with van der Waals surface area (Å²) in [6.45, 7) is 10.1. The molecule has 0 aliphatic heterocycles. The molecule has 2 aromatic heterocycles. The molecule has 3 nitrogen and oxygen atoms in total. The molecule has 20 heavy (non-hydrogen) atoms. The van der Waals surface area contributed by atoms with E-state index in [-0.39, 0.29) is 5.56 Å². The average Bonchev–Trinajstić information content (AvgIpc) is 2.93. The monoisotopic (exact) mass is 304 g/mol. The second-order valence-electron chi connectivity index (χ2n) is 5.06. The summed E-state index contributed by atoms with van der Waals surface area (Å²) in [5.74, 6) is 0. The van der Waals surface area contributed by atoms with E-state index in [2.05, 4.69) is 18.1 Å². The zero-order valence-electron chi connectivity index (χ0n) is 11.4. The SMILES string of the molecule is C=CSc1nc2sc3c(c2c(=O)n1CC(=C)C)CCC3. The lowest BCUT2D eigenvalue weighted by Crippen LogP contribution is -2.23. The van der Waals surface area contributed by atoms with E-state index in [0.717, 1.165) is 35.1 Å². The van der Waals surface area contributed by atoms with E-state index in [1.807, 2.05) is 6.92 Å². The van der Waals surface area contributed by atoms with Crippen molar-refractivity contribution in [3.63, 3.8) is 0 Å². The normalized spacial score (nSPS) is 13.7. The van der Waals surface area contributed by atoms with Gasteiger partial charge in [0.1, 0.15) is 4.83 Å². The molecule has 1 aliphatic rings. The molecule has 5 heteroatoms. The van der Waals surface area contributed by atoms with Gasteiger partial charge in [0.25, 0.3) is 5.56 Å². The number of nitrogens with zero attached hydrogens (tertiary/aromatic N) is 2. The Morgan fingerprint density at radius 2 is 2.35 bits per heavy atom. The highest BCUT2D eigenvalue weighted by Gasteiger charge is 2.23. The summed E-state index contributed by atoms with van der Waals surface area (Å²) in [5, 5.41) is 3.25. The number of aryl methyl sites for hydroxylation is 2. The molecule has 3 rings (SSSR count). The average molecular weight is 304 g/mol. The number of hydrogen-bond acceptors (Lipinski definition) is 4. The molecule has 0 bridgehead atoms. The molecule has 0 saturated heterocycles. The van der Waals surface area contributed by atoms with Crippen molar-refractivity contribution < 1.29 is 0 Å². The molecule has 104 valence electrons. The van der Waals surface area contributed by atoms with Crippen LogP contribution >= 0.6 is 23.1 Å². The first-order valence-corrected chi connectivity index (χ1v) is 8.28. The van der Waals surface area contributed by atoms with Gasteiger partial charge in [-0.15, -0.1) is 11.3 Å². The maximum Gasteiger partial charge on any atom is 0.263 e. The van der Waals surface area contributed by atoms with E-state index in [1.54, 1.807) is 21.3 Å². The third-order valence-corrected chi connectivity index (χ3v) is 5.28. The number of allylic oxidation sites excluding steroid dienone is 1. The van der Waals surface area contributed by atoms with Gasteiger partial charge in [-0.05, 0) is 37.2 Å². The highest BCUT2D eigenvalue weighted by molar-refractivity contribution is 8.02. The maximum absolute atomic E-state index is 12.8. The lowest BCUT2D eigenvalue weighted by atomic mass is 10.2. The van der Waals surface area contributed by atoms with Crippen LogP contribution in [0, 0.1) is 0 Å². The van der Waals surface area contributed by atoms with Crippen molar-refractivity contribution in [1.29, 1.82) is 0 Å². The van der Waals surface area contributed by atoms with E-state index < -0.39 is 0 Å². The molecule has 1 aliphatic carbocycles. The van der Waals surface area contributed by atoms with E-state index in [0.29, 0.717) is 11.7 Å². The molecular formula is C15H16N2OS2. The largest absolute Gasteiger partial charge is 0.283 e. The topological polar surface area (TPSA) is 34.9 Å². The first-order chi connectivity index (χ1) is 9.61. The van der Waals surface area contributed by atoms with Gasteiger partial charge >= 0.3 is 0 Å². The van der Waals surface area contributed by atoms with Crippen LogP contribution in [-0.4, -0.2) is 9.55 Å². The summed E-state index contributed by atoms with van der Waals surface area (Å²) >= 11 is 3.07. The molecule has 0 fully saturated rings. The van der Waals surface area contributed by atoms with Gasteiger partial charge in [0.05, 0.1) is 5.39 Å². The predicted octanol–water partition coefficient (Wildman–Crippen LogP) is 3.76. The summed E-state index contributed by atoms with van der Waals surface area (Å²) in [6, 6.07) is 0. The highest BCUT2D eigenvalue weighted by atomic mass is 32.2. The molecule has 0 aromatic carbocycles. The van der Waals surface area contributed by atoms with Crippen LogP contribution in [0.3, 0.4) is 0 Å². The van der Waals surface area contributed by atoms with Crippen molar-refractivity contribution in [2.24, 2.45) is 0 Å². The first-order valence-electron chi connectivity index (χ1n) is 6.59. The Morgan fingerprint density at radius 1 is 1.55 bits per heavy atom. The fourth-order valence-electron chi connectivity index (χ4n) is 2.63. The molecular weight excluding hydrogens is 288 g/mol. The Labute approximate surface area is 126 Å². The molecule has 2 aromatic rings. The number of thioether (sulfide) groups is 1. The molecule has 0 atom stereocenters. The van der Waals surface area contributed by atoms with Gasteiger partial charge < -0.3 is 0 Å². The fraction of sp³-hybridized carbons (Fsp3) is 0.333. The zero-order valence-corrected chi connectivity index (χ0v) is 13.1. The predicted molar refractivity (Wildman–Crippen MR) is 86.8 cm³/mol. The Balaban J connectivity index is 2.30. The molecule has 0 spiro atoms. The molecule has 0 saturated carbocycles. The van der Waals surface area contributed by atoms with Crippen LogP contribution in [0.5, 0.6) is 0 Å². The minimum atomic E-state index is 0.0711. The van der Waals surface area contributed by atoms with Crippen LogP contribution in [0.25, 0.3) is 10.2 Å². The van der Waals surface area contributed by atoms with Crippen molar-refractivity contribution in [1.82, 2.24) is 9.55 Å². The van der Waals surface area contributed by atoms with Crippen molar-refractivity contribution in [3.05, 3.63) is 44.9 Å². The second-order valence-corrected chi connectivity index (χ2v) is 7.08. The molecule has 0 unspecified atom stereocenters. The van der Waals surface area contributed by atoms with Crippen molar-refractivity contribution in [3.8, 4) is 0 Å². The van der Waals surface area contributed by atoms with Gasteiger partial charge in [-0.25, -0.2) is 4.98 Å². The Kier molecular flexibility index (Phi) is 3.56. The lowest BCUT2D eigenvalue weighted by molar-refractivity contribution is 0.653. The number of hydrogen-bond donors (Lipinski definition) is 0. The minimum absolute atomic E-state index is 0.0711. The quantitative estimate of drug-likeness (QED) is 0.490. The van der Waals surface area contributed by atoms with Crippen LogP contribution in [0.1, 0.15) is 23.8 Å². The summed E-state index contributed by atoms with van der Waals surface area (Å²) < 4.78 is 1.72. The summed E-state index contributed by atoms with van der Waals surface area (Å²) in [5.41, 5.74) is 2.25. The van der Waals surface area contributed by atoms with Gasteiger partial charge in [-0.2, -0.15) is 0 Å². The number of fused-ring (bicyclic) bond motifs is 3. The summed E-state index contributed by atoms with van der Waals surface area (Å²) in [4.78, 5) is 19.7. The van der Waals surface area contributed by atoms with Gasteiger partial charge in [-0.3, -0.25) is 9.36 Å². The van der Waals surface area contributed by atoms with E-state index in [9.17, 15) is 4.79 Å². The van der Waals surface area contributed by atoms with Gasteiger partial charge in [0.2, 0.25) is 0 Å². The van der Waals surface area contributed by atoms with Gasteiger partial charge in [-0.1, -0.05) is 30.5 Å². The van der Waals surface area contributed by atoms with Crippen LogP contribution in [0.4, 0.5) is 0 Å². The fourth-order valence-corrected chi connectivity index (χ4v) is 4.51. The second kappa shape index (κ2) is 5.22. The van der Waals surface area contributed by atoms with Crippen LogP contribution in [-0.2, 0) is 19.4 Å².